The highest BCUT2D eigenvalue weighted by Crippen LogP contribution is 2.22. The summed E-state index contributed by atoms with van der Waals surface area (Å²) in [6.45, 7) is 0. The second kappa shape index (κ2) is 5.74. The fourth-order valence-corrected chi connectivity index (χ4v) is 1.98. The van der Waals surface area contributed by atoms with Crippen LogP contribution in [0.15, 0.2) is 60.3 Å². The van der Waals surface area contributed by atoms with Crippen LogP contribution >= 0.6 is 0 Å². The van der Waals surface area contributed by atoms with Gasteiger partial charge >= 0.3 is 0 Å². The molecule has 3 heteroatoms. The summed E-state index contributed by atoms with van der Waals surface area (Å²) >= 11 is 0. The first kappa shape index (κ1) is 12.7. The molecule has 1 aliphatic carbocycles. The van der Waals surface area contributed by atoms with Crippen LogP contribution in [0.1, 0.15) is 12.8 Å². The van der Waals surface area contributed by atoms with E-state index in [2.05, 4.69) is 41.0 Å². The van der Waals surface area contributed by atoms with Gasteiger partial charge in [0.25, 0.3) is 0 Å². The molecule has 0 saturated carbocycles. The van der Waals surface area contributed by atoms with Crippen LogP contribution < -0.4 is 10.6 Å². The Labute approximate surface area is 109 Å². The summed E-state index contributed by atoms with van der Waals surface area (Å²) in [7, 11) is 3.91. The van der Waals surface area contributed by atoms with E-state index in [4.69, 9.17) is 4.74 Å². The minimum Gasteiger partial charge on any atom is -0.466 e. The summed E-state index contributed by atoms with van der Waals surface area (Å²) in [6, 6.07) is 0. The molecule has 1 aliphatic heterocycles. The molecule has 0 radical (unpaired) electrons. The molecule has 1 atom stereocenters. The molecule has 2 aliphatic rings. The highest BCUT2D eigenvalue weighted by atomic mass is 16.5. The van der Waals surface area contributed by atoms with Gasteiger partial charge in [-0.25, -0.2) is 0 Å². The van der Waals surface area contributed by atoms with E-state index in [1.54, 1.807) is 6.26 Å². The van der Waals surface area contributed by atoms with Gasteiger partial charge in [-0.1, -0.05) is 18.2 Å². The number of allylic oxidation sites excluding steroid dienone is 4. The van der Waals surface area contributed by atoms with Gasteiger partial charge in [0.2, 0.25) is 0 Å². The molecule has 18 heavy (non-hydrogen) atoms. The first-order valence-electron chi connectivity index (χ1n) is 6.25. The van der Waals surface area contributed by atoms with Gasteiger partial charge in [-0.3, -0.25) is 0 Å². The zero-order valence-corrected chi connectivity index (χ0v) is 10.9. The lowest BCUT2D eigenvalue weighted by atomic mass is 9.89. The molecule has 0 aromatic carbocycles. The van der Waals surface area contributed by atoms with Crippen LogP contribution in [0.4, 0.5) is 0 Å². The molecule has 0 amide bonds. The molecule has 0 fully saturated rings. The fraction of sp³-hybridized carbons (Fsp3) is 0.333. The van der Waals surface area contributed by atoms with Crippen molar-refractivity contribution in [2.75, 3.05) is 14.1 Å². The van der Waals surface area contributed by atoms with Crippen LogP contribution in [-0.2, 0) is 4.74 Å². The Bertz CT molecular complexity index is 443. The quantitative estimate of drug-likeness (QED) is 0.796. The van der Waals surface area contributed by atoms with E-state index in [0.717, 1.165) is 24.3 Å². The largest absolute Gasteiger partial charge is 0.466 e. The number of hydrogen-bond donors (Lipinski definition) is 2. The predicted molar refractivity (Wildman–Crippen MR) is 74.8 cm³/mol. The molecular formula is C15H20N2O. The van der Waals surface area contributed by atoms with E-state index in [9.17, 15) is 0 Å². The topological polar surface area (TPSA) is 33.3 Å². The van der Waals surface area contributed by atoms with Crippen molar-refractivity contribution >= 4 is 0 Å². The van der Waals surface area contributed by atoms with Crippen molar-refractivity contribution in [3.05, 3.63) is 60.3 Å². The number of rotatable bonds is 4. The first-order valence-corrected chi connectivity index (χ1v) is 6.25. The highest BCUT2D eigenvalue weighted by Gasteiger charge is 2.22. The maximum absolute atomic E-state index is 5.41. The van der Waals surface area contributed by atoms with Crippen molar-refractivity contribution in [2.45, 2.75) is 18.4 Å². The maximum atomic E-state index is 5.41. The van der Waals surface area contributed by atoms with Gasteiger partial charge in [-0.15, -0.1) is 0 Å². The molecule has 1 heterocycles. The average molecular weight is 244 g/mol. The Kier molecular flexibility index (Phi) is 4.05. The summed E-state index contributed by atoms with van der Waals surface area (Å²) < 4.78 is 5.41. The molecule has 1 unspecified atom stereocenters. The summed E-state index contributed by atoms with van der Waals surface area (Å²) in [5.74, 6) is 0.906. The second-order valence-electron chi connectivity index (χ2n) is 4.40. The van der Waals surface area contributed by atoms with E-state index in [0.29, 0.717) is 0 Å². The summed E-state index contributed by atoms with van der Waals surface area (Å²) in [4.78, 5) is 0. The zero-order chi connectivity index (χ0) is 12.8. The van der Waals surface area contributed by atoms with Gasteiger partial charge in [-0.05, 0) is 44.2 Å². The smallest absolute Gasteiger partial charge is 0.122 e. The molecule has 2 N–H and O–H groups in total. The van der Waals surface area contributed by atoms with E-state index in [1.807, 2.05) is 26.2 Å². The molecule has 0 saturated heterocycles. The van der Waals surface area contributed by atoms with Crippen molar-refractivity contribution in [1.29, 1.82) is 0 Å². The van der Waals surface area contributed by atoms with E-state index < -0.39 is 0 Å². The average Bonchev–Trinajstić information content (AvgIpc) is 2.47. The van der Waals surface area contributed by atoms with E-state index in [-0.39, 0.29) is 5.54 Å². The van der Waals surface area contributed by atoms with Gasteiger partial charge in [-0.2, -0.15) is 0 Å². The molecular weight excluding hydrogens is 224 g/mol. The number of nitrogens with one attached hydrogen (secondary N) is 2. The lowest BCUT2D eigenvalue weighted by Gasteiger charge is -2.29. The second-order valence-corrected chi connectivity index (χ2v) is 4.40. The first-order chi connectivity index (χ1) is 8.78. The molecule has 2 rings (SSSR count). The van der Waals surface area contributed by atoms with E-state index in [1.165, 1.54) is 0 Å². The Morgan fingerprint density at radius 1 is 1.33 bits per heavy atom. The van der Waals surface area contributed by atoms with Crippen LogP contribution in [0.25, 0.3) is 0 Å². The van der Waals surface area contributed by atoms with Crippen LogP contribution in [-0.4, -0.2) is 19.6 Å². The Morgan fingerprint density at radius 3 is 2.78 bits per heavy atom. The molecule has 0 aromatic rings. The van der Waals surface area contributed by atoms with Gasteiger partial charge in [0, 0.05) is 12.7 Å². The third kappa shape index (κ3) is 2.93. The van der Waals surface area contributed by atoms with Crippen molar-refractivity contribution in [1.82, 2.24) is 10.6 Å². The molecule has 0 aromatic heterocycles. The predicted octanol–water partition coefficient (Wildman–Crippen LogP) is 2.38. The fourth-order valence-electron chi connectivity index (χ4n) is 1.98. The van der Waals surface area contributed by atoms with Crippen LogP contribution in [0.2, 0.25) is 0 Å². The Balaban J connectivity index is 2.06. The van der Waals surface area contributed by atoms with Crippen LogP contribution in [0, 0.1) is 0 Å². The number of hydrogen-bond acceptors (Lipinski definition) is 3. The molecule has 96 valence electrons. The third-order valence-corrected chi connectivity index (χ3v) is 3.27. The minimum atomic E-state index is -0.119. The zero-order valence-electron chi connectivity index (χ0n) is 10.9. The highest BCUT2D eigenvalue weighted by molar-refractivity contribution is 5.34. The number of ether oxygens (including phenoxy) is 1. The van der Waals surface area contributed by atoms with Gasteiger partial charge in [0.05, 0.1) is 11.8 Å². The van der Waals surface area contributed by atoms with E-state index >= 15 is 0 Å². The molecule has 0 bridgehead atoms. The SMILES string of the molecule is CNC1=CCC(C=CC2=CCC=CO2)(NC)C=C1. The normalized spacial score (nSPS) is 26.8. The molecule has 3 nitrogen and oxygen atoms in total. The summed E-state index contributed by atoms with van der Waals surface area (Å²) in [5, 5.41) is 6.50. The van der Waals surface area contributed by atoms with Crippen LogP contribution in [0.3, 0.4) is 0 Å². The third-order valence-electron chi connectivity index (χ3n) is 3.27. The Morgan fingerprint density at radius 2 is 2.22 bits per heavy atom. The van der Waals surface area contributed by atoms with Gasteiger partial charge in [0.15, 0.2) is 0 Å². The van der Waals surface area contributed by atoms with Crippen molar-refractivity contribution in [2.24, 2.45) is 0 Å². The monoisotopic (exact) mass is 244 g/mol. The Hall–Kier alpha value is -1.74. The minimum absolute atomic E-state index is 0.119. The van der Waals surface area contributed by atoms with Gasteiger partial charge in [0.1, 0.15) is 5.76 Å². The summed E-state index contributed by atoms with van der Waals surface area (Å²) in [6.07, 6.45) is 18.3. The van der Waals surface area contributed by atoms with Crippen molar-refractivity contribution in [3.8, 4) is 0 Å². The number of likely N-dealkylation sites (N-methyl/N-ethyl adjacent to an activating group) is 2. The lowest BCUT2D eigenvalue weighted by Crippen LogP contribution is -2.40. The van der Waals surface area contributed by atoms with Crippen molar-refractivity contribution in [3.63, 3.8) is 0 Å². The standard InChI is InChI=1S/C15H20N2O/c1-16-13-6-9-15(17-2,10-7-13)11-8-14-5-3-4-12-18-14/h4-9,11-12,16-17H,3,10H2,1-2H3. The molecule has 0 spiro atoms. The van der Waals surface area contributed by atoms with Gasteiger partial charge < -0.3 is 15.4 Å². The van der Waals surface area contributed by atoms with Crippen molar-refractivity contribution < 1.29 is 4.74 Å². The maximum Gasteiger partial charge on any atom is 0.122 e. The van der Waals surface area contributed by atoms with Crippen LogP contribution in [0.5, 0.6) is 0 Å². The summed E-state index contributed by atoms with van der Waals surface area (Å²) in [5.41, 5.74) is 1.04. The lowest BCUT2D eigenvalue weighted by molar-refractivity contribution is 0.358.